The molecule has 0 saturated carbocycles. The second-order valence-corrected chi connectivity index (χ2v) is 8.45. The number of amides is 2. The Bertz CT molecular complexity index is 1150. The first-order chi connectivity index (χ1) is 17.8. The third-order valence-corrected chi connectivity index (χ3v) is 5.45. The standard InChI is InChI=1S/C28H30N2O7/c1-19(31)25(30-28(35)37-18-22-10-6-3-7-11-22)26(33)29-24(16-20-12-14-23(32)15-13-20)27(34)36-17-21-8-4-2-5-9-21/h2-15,19,24-25,31-32H,16-18H2,1H3,(H,29,33)(H,30,35)/t19-,24+,25-/m0/s1. The number of aromatic hydroxyl groups is 1. The fourth-order valence-corrected chi connectivity index (χ4v) is 3.45. The van der Waals surface area contributed by atoms with Gasteiger partial charge in [0.15, 0.2) is 0 Å². The number of phenolic OH excluding ortho intramolecular Hbond substituents is 1. The first kappa shape index (κ1) is 27.2. The van der Waals surface area contributed by atoms with Crippen LogP contribution in [0.1, 0.15) is 23.6 Å². The molecule has 0 saturated heterocycles. The van der Waals surface area contributed by atoms with Gasteiger partial charge in [-0.1, -0.05) is 72.8 Å². The third-order valence-electron chi connectivity index (χ3n) is 5.45. The average molecular weight is 507 g/mol. The summed E-state index contributed by atoms with van der Waals surface area (Å²) in [6, 6.07) is 21.7. The zero-order chi connectivity index (χ0) is 26.6. The maximum Gasteiger partial charge on any atom is 0.408 e. The van der Waals surface area contributed by atoms with Crippen molar-refractivity contribution in [3.8, 4) is 5.75 Å². The average Bonchev–Trinajstić information content (AvgIpc) is 2.91. The van der Waals surface area contributed by atoms with Crippen molar-refractivity contribution in [1.82, 2.24) is 10.6 Å². The summed E-state index contributed by atoms with van der Waals surface area (Å²) >= 11 is 0. The van der Waals surface area contributed by atoms with E-state index in [0.29, 0.717) is 5.56 Å². The van der Waals surface area contributed by atoms with Crippen molar-refractivity contribution in [2.24, 2.45) is 0 Å². The summed E-state index contributed by atoms with van der Waals surface area (Å²) in [5, 5.41) is 24.6. The summed E-state index contributed by atoms with van der Waals surface area (Å²) in [6.45, 7) is 1.33. The van der Waals surface area contributed by atoms with Crippen LogP contribution in [0.3, 0.4) is 0 Å². The Kier molecular flexibility index (Phi) is 10.0. The Labute approximate surface area is 215 Å². The van der Waals surface area contributed by atoms with E-state index in [4.69, 9.17) is 9.47 Å². The summed E-state index contributed by atoms with van der Waals surface area (Å²) < 4.78 is 10.6. The molecule has 3 atom stereocenters. The molecular weight excluding hydrogens is 476 g/mol. The van der Waals surface area contributed by atoms with Crippen molar-refractivity contribution in [3.63, 3.8) is 0 Å². The molecule has 37 heavy (non-hydrogen) atoms. The number of carbonyl (C=O) groups excluding carboxylic acids is 3. The number of phenols is 1. The van der Waals surface area contributed by atoms with Gasteiger partial charge in [0.1, 0.15) is 31.0 Å². The van der Waals surface area contributed by atoms with Gasteiger partial charge in [0.05, 0.1) is 6.10 Å². The van der Waals surface area contributed by atoms with Crippen molar-refractivity contribution in [2.75, 3.05) is 0 Å². The van der Waals surface area contributed by atoms with Crippen LogP contribution in [0, 0.1) is 0 Å². The molecule has 3 aromatic rings. The summed E-state index contributed by atoms with van der Waals surface area (Å²) in [4.78, 5) is 38.3. The minimum Gasteiger partial charge on any atom is -0.508 e. The van der Waals surface area contributed by atoms with Crippen LogP contribution in [-0.4, -0.2) is 46.4 Å². The van der Waals surface area contributed by atoms with Gasteiger partial charge in [0, 0.05) is 6.42 Å². The van der Waals surface area contributed by atoms with Gasteiger partial charge in [-0.2, -0.15) is 0 Å². The van der Waals surface area contributed by atoms with Gasteiger partial charge in [-0.3, -0.25) is 4.79 Å². The zero-order valence-corrected chi connectivity index (χ0v) is 20.4. The number of aliphatic hydroxyl groups is 1. The first-order valence-electron chi connectivity index (χ1n) is 11.8. The quantitative estimate of drug-likeness (QED) is 0.294. The van der Waals surface area contributed by atoms with Gasteiger partial charge in [0.2, 0.25) is 5.91 Å². The number of ether oxygens (including phenoxy) is 2. The fraction of sp³-hybridized carbons (Fsp3) is 0.250. The second-order valence-electron chi connectivity index (χ2n) is 8.45. The minimum atomic E-state index is -1.38. The van der Waals surface area contributed by atoms with Crippen LogP contribution in [0.25, 0.3) is 0 Å². The van der Waals surface area contributed by atoms with Crippen molar-refractivity contribution in [2.45, 2.75) is 44.7 Å². The van der Waals surface area contributed by atoms with Gasteiger partial charge in [-0.25, -0.2) is 9.59 Å². The molecule has 0 aliphatic carbocycles. The number of rotatable bonds is 11. The summed E-state index contributed by atoms with van der Waals surface area (Å²) in [7, 11) is 0. The molecular formula is C28H30N2O7. The van der Waals surface area contributed by atoms with Crippen LogP contribution in [0.4, 0.5) is 4.79 Å². The maximum absolute atomic E-state index is 13.0. The zero-order valence-electron chi connectivity index (χ0n) is 20.4. The van der Waals surface area contributed by atoms with Crippen molar-refractivity contribution in [3.05, 3.63) is 102 Å². The molecule has 3 aromatic carbocycles. The summed E-state index contributed by atoms with van der Waals surface area (Å²) in [5.41, 5.74) is 2.18. The van der Waals surface area contributed by atoms with Crippen molar-refractivity contribution < 1.29 is 34.1 Å². The van der Waals surface area contributed by atoms with Crippen LogP contribution in [0.15, 0.2) is 84.9 Å². The van der Waals surface area contributed by atoms with E-state index in [0.717, 1.165) is 11.1 Å². The highest BCUT2D eigenvalue weighted by Crippen LogP contribution is 2.13. The molecule has 0 aliphatic rings. The molecule has 0 aliphatic heterocycles. The predicted octanol–water partition coefficient (Wildman–Crippen LogP) is 2.84. The highest BCUT2D eigenvalue weighted by molar-refractivity contribution is 5.90. The molecule has 4 N–H and O–H groups in total. The van der Waals surface area contributed by atoms with E-state index < -0.39 is 36.2 Å². The largest absolute Gasteiger partial charge is 0.508 e. The van der Waals surface area contributed by atoms with Gasteiger partial charge in [0.25, 0.3) is 0 Å². The van der Waals surface area contributed by atoms with E-state index in [1.807, 2.05) is 24.3 Å². The van der Waals surface area contributed by atoms with Gasteiger partial charge in [-0.05, 0) is 35.7 Å². The molecule has 0 bridgehead atoms. The number of carbonyl (C=O) groups is 3. The molecule has 3 rings (SSSR count). The summed E-state index contributed by atoms with van der Waals surface area (Å²) in [6.07, 6.45) is -2.12. The minimum absolute atomic E-state index is 0.00547. The lowest BCUT2D eigenvalue weighted by Gasteiger charge is -2.24. The SMILES string of the molecule is C[C@H](O)[C@H](NC(=O)OCc1ccccc1)C(=O)N[C@H](Cc1ccc(O)cc1)C(=O)OCc1ccccc1. The fourth-order valence-electron chi connectivity index (χ4n) is 3.45. The lowest BCUT2D eigenvalue weighted by atomic mass is 10.0. The lowest BCUT2D eigenvalue weighted by Crippen LogP contribution is -2.56. The number of hydrogen-bond donors (Lipinski definition) is 4. The Morgan fingerprint density at radius 2 is 1.30 bits per heavy atom. The highest BCUT2D eigenvalue weighted by atomic mass is 16.5. The van der Waals surface area contributed by atoms with Crippen LogP contribution in [0.5, 0.6) is 5.75 Å². The van der Waals surface area contributed by atoms with E-state index in [1.165, 1.54) is 19.1 Å². The Balaban J connectivity index is 1.66. The van der Waals surface area contributed by atoms with Crippen LogP contribution >= 0.6 is 0 Å². The maximum atomic E-state index is 13.0. The van der Waals surface area contributed by atoms with E-state index >= 15 is 0 Å². The topological polar surface area (TPSA) is 134 Å². The molecule has 194 valence electrons. The van der Waals surface area contributed by atoms with Crippen LogP contribution < -0.4 is 10.6 Å². The van der Waals surface area contributed by atoms with E-state index in [2.05, 4.69) is 10.6 Å². The molecule has 0 heterocycles. The first-order valence-corrected chi connectivity index (χ1v) is 11.8. The smallest absolute Gasteiger partial charge is 0.408 e. The van der Waals surface area contributed by atoms with E-state index in [1.54, 1.807) is 48.5 Å². The second kappa shape index (κ2) is 13.6. The Hall–Kier alpha value is -4.37. The molecule has 2 amide bonds. The number of nitrogens with one attached hydrogen (secondary N) is 2. The lowest BCUT2D eigenvalue weighted by molar-refractivity contribution is -0.149. The van der Waals surface area contributed by atoms with E-state index in [9.17, 15) is 24.6 Å². The highest BCUT2D eigenvalue weighted by Gasteiger charge is 2.31. The van der Waals surface area contributed by atoms with Crippen LogP contribution in [-0.2, 0) is 38.7 Å². The predicted molar refractivity (Wildman–Crippen MR) is 135 cm³/mol. The molecule has 0 spiro atoms. The van der Waals surface area contributed by atoms with Gasteiger partial charge in [-0.15, -0.1) is 0 Å². The Morgan fingerprint density at radius 3 is 1.84 bits per heavy atom. The molecule has 0 radical (unpaired) electrons. The number of hydrogen-bond acceptors (Lipinski definition) is 7. The van der Waals surface area contributed by atoms with E-state index in [-0.39, 0.29) is 25.4 Å². The van der Waals surface area contributed by atoms with Crippen molar-refractivity contribution in [1.29, 1.82) is 0 Å². The number of alkyl carbamates (subject to hydrolysis) is 1. The molecule has 0 fully saturated rings. The Morgan fingerprint density at radius 1 is 0.757 bits per heavy atom. The normalized spacial score (nSPS) is 13.0. The van der Waals surface area contributed by atoms with Crippen molar-refractivity contribution >= 4 is 18.0 Å². The molecule has 0 unspecified atom stereocenters. The monoisotopic (exact) mass is 506 g/mol. The number of benzene rings is 3. The molecule has 0 aromatic heterocycles. The molecule has 9 heteroatoms. The third kappa shape index (κ3) is 8.97. The molecule has 9 nitrogen and oxygen atoms in total. The van der Waals surface area contributed by atoms with Gasteiger partial charge < -0.3 is 30.3 Å². The number of aliphatic hydroxyl groups excluding tert-OH is 1. The summed E-state index contributed by atoms with van der Waals surface area (Å²) in [5.74, 6) is -1.42. The van der Waals surface area contributed by atoms with Gasteiger partial charge >= 0.3 is 12.1 Å². The number of esters is 1. The van der Waals surface area contributed by atoms with Crippen LogP contribution in [0.2, 0.25) is 0 Å².